The van der Waals surface area contributed by atoms with Crippen LogP contribution in [0.3, 0.4) is 0 Å². The Bertz CT molecular complexity index is 2540. The van der Waals surface area contributed by atoms with Crippen molar-refractivity contribution in [1.82, 2.24) is 0 Å². The van der Waals surface area contributed by atoms with E-state index in [1.807, 2.05) is 0 Å². The fourth-order valence-electron chi connectivity index (χ4n) is 16.6. The Balaban J connectivity index is 1.12. The number of methoxy groups -OCH3 is 22. The van der Waals surface area contributed by atoms with Crippen LogP contribution in [0.5, 0.6) is 0 Å². The summed E-state index contributed by atoms with van der Waals surface area (Å²) in [5.74, 6) is 0. The van der Waals surface area contributed by atoms with Gasteiger partial charge in [0.15, 0.2) is 50.3 Å². The van der Waals surface area contributed by atoms with E-state index in [9.17, 15) is 0 Å². The molecule has 0 radical (unpaired) electrons. The molecule has 38 nitrogen and oxygen atoms in total. The highest BCUT2D eigenvalue weighted by molar-refractivity contribution is 14.1. The lowest BCUT2D eigenvalue weighted by Gasteiger charge is -2.53. The Morgan fingerprint density at radius 3 is 0.364 bits per heavy atom. The molecule has 0 amide bonds. The van der Waals surface area contributed by atoms with Crippen LogP contribution in [-0.4, -0.2) is 451 Å². The highest BCUT2D eigenvalue weighted by Gasteiger charge is 2.63. The topological polar surface area (TPSA) is 351 Å². The van der Waals surface area contributed by atoms with Crippen LogP contribution in [0.4, 0.5) is 0 Å². The largest absolute Gasteiger partial charge is 0.382 e. The van der Waals surface area contributed by atoms with Crippen molar-refractivity contribution in [1.29, 1.82) is 0 Å². The molecular weight excluding hydrogens is 1700 g/mol. The van der Waals surface area contributed by atoms with E-state index in [-0.39, 0.29) is 39.6 Å². The zero-order valence-electron chi connectivity index (χ0n) is 67.0. The maximum atomic E-state index is 7.09. The molecule has 644 valence electrons. The number of hydrogen-bond donors (Lipinski definition) is 0. The number of alkyl halides is 2. The van der Waals surface area contributed by atoms with Gasteiger partial charge in [-0.05, 0) is 0 Å². The van der Waals surface area contributed by atoms with Gasteiger partial charge >= 0.3 is 0 Å². The third kappa shape index (κ3) is 20.4. The van der Waals surface area contributed by atoms with E-state index in [0.717, 1.165) is 0 Å². The second kappa shape index (κ2) is 46.1. The molecule has 30 heterocycles. The van der Waals surface area contributed by atoms with Gasteiger partial charge in [-0.25, -0.2) is 0 Å². The molecule has 16 bridgehead atoms. The van der Waals surface area contributed by atoms with Gasteiger partial charge in [0.1, 0.15) is 183 Å². The zero-order valence-corrected chi connectivity index (χ0v) is 71.3. The van der Waals surface area contributed by atoms with E-state index < -0.39 is 246 Å². The van der Waals surface area contributed by atoms with Crippen molar-refractivity contribution >= 4 is 45.2 Å². The van der Waals surface area contributed by atoms with Gasteiger partial charge in [0.25, 0.3) is 0 Å². The van der Waals surface area contributed by atoms with Crippen molar-refractivity contribution in [2.45, 2.75) is 246 Å². The highest BCUT2D eigenvalue weighted by Crippen LogP contribution is 2.44. The monoisotopic (exact) mass is 1820 g/mol. The fourth-order valence-corrected chi connectivity index (χ4v) is 18.0. The Hall–Kier alpha value is -0.0600. The number of rotatable bonds is 30. The number of ether oxygens (including phenoxy) is 38. The molecule has 0 aliphatic carbocycles. The highest BCUT2D eigenvalue weighted by atomic mass is 127. The number of halogens is 2. The molecule has 0 aromatic rings. The first kappa shape index (κ1) is 93.8. The van der Waals surface area contributed by atoms with E-state index in [1.165, 1.54) is 142 Å². The molecule has 0 N–H and O–H groups in total. The van der Waals surface area contributed by atoms with Crippen molar-refractivity contribution in [2.24, 2.45) is 0 Å². The molecule has 30 saturated heterocycles. The predicted octanol–water partition coefficient (Wildman–Crippen LogP) is -0.131. The van der Waals surface area contributed by atoms with Crippen LogP contribution in [0, 0.1) is 0 Å². The SMILES string of the molecule is COC[C@H]1O[C@@H]2O[C@H]3[C@H](OC)[C@@H](OC)[C@@H](O[C@H]4[C@H](OC)[C@@H](OC)[C@@H](O[C@H]5[C@H](OC)[C@@H](OC)[C@@H](O[C@H]6[C@H](OC)[C@@H](OC)[C@@H](O[C@H]7[C@H](OC)[C@@H](OC)[C@@H](O[C@H]8[C@H](OC)[C@@H](OC)[C@@H](O[C@H]9[C@H](OC)[C@@H](OC)[C@@H](O[C@H]1[C@H](OC)[C@H]2OC)O[C@@H]9CI)O[C@@H]8CI)O[C@@H]7COC)O[C@@H]6COC)O[C@@H]5COC)O[C@@H]4COC)O[C@@H]3COC. The van der Waals surface area contributed by atoms with Gasteiger partial charge in [-0.1, -0.05) is 45.2 Å². The normalized spacial score (nSPS) is 46.7. The quantitative estimate of drug-likeness (QED) is 0.0668. The standard InChI is InChI=1S/C70H122I2O38/c1-73-25-33-41-49(81-9)58(90-18)66(98-33)107-43-35(27-75-3)100-68(60(92-20)51(43)83-11)109-45-37(29-77-5)102-70(62(94-22)53(45)85-13)110-46-38(30-78-6)101-69(61(93-21)54(46)86-14)108-44-36(28-76-4)99-67(59(91-19)52(44)84-12)106-42-34(26-74-2)97-65(57(89-17)50(42)82-10)104-40-32(24-72)95-63(55(87-15)48(40)80-8)103-39-31(23-71)96-64(105-41)56(88-16)47(39)79-7/h31-70H,23-30H2,1-22H3/t31-,32-,33-,34-,35-,36-,37-,38-,39-,40-,41-,42-,43-,44-,45-,46-,47+,48+,49+,50+,51+,52+,53+,54+,55-,56-,57-,58-,59-,60-,61-,62-,63-,64-,65-,66-,67-,68-,69-,70-/m1/s1. The summed E-state index contributed by atoms with van der Waals surface area (Å²) in [7, 11) is 33.4. The first-order valence-electron chi connectivity index (χ1n) is 36.5. The summed E-state index contributed by atoms with van der Waals surface area (Å²) in [6.45, 7) is -0.251. The van der Waals surface area contributed by atoms with Crippen LogP contribution < -0.4 is 0 Å². The maximum Gasteiger partial charge on any atom is 0.187 e. The minimum Gasteiger partial charge on any atom is -0.382 e. The van der Waals surface area contributed by atoms with Crippen LogP contribution in [0.2, 0.25) is 0 Å². The second-order valence-corrected chi connectivity index (χ2v) is 29.2. The zero-order chi connectivity index (χ0) is 79.6. The predicted molar refractivity (Wildman–Crippen MR) is 390 cm³/mol. The fraction of sp³-hybridized carbons (Fsp3) is 1.00. The third-order valence-corrected chi connectivity index (χ3v) is 23.4. The van der Waals surface area contributed by atoms with Crippen molar-refractivity contribution in [3.63, 3.8) is 0 Å². The van der Waals surface area contributed by atoms with E-state index in [2.05, 4.69) is 45.2 Å². The van der Waals surface area contributed by atoms with Crippen LogP contribution in [0.1, 0.15) is 0 Å². The molecule has 0 saturated carbocycles. The maximum absolute atomic E-state index is 7.09. The molecule has 30 rings (SSSR count). The Labute approximate surface area is 672 Å². The molecule has 0 unspecified atom stereocenters. The summed E-state index contributed by atoms with van der Waals surface area (Å²) in [5.41, 5.74) is 0. The Morgan fingerprint density at radius 2 is 0.264 bits per heavy atom. The molecule has 0 aromatic heterocycles. The van der Waals surface area contributed by atoms with Crippen LogP contribution in [0.25, 0.3) is 0 Å². The van der Waals surface area contributed by atoms with Crippen molar-refractivity contribution in [3.05, 3.63) is 0 Å². The molecule has 110 heavy (non-hydrogen) atoms. The van der Waals surface area contributed by atoms with Crippen LogP contribution >= 0.6 is 45.2 Å². The lowest BCUT2D eigenvalue weighted by Crippen LogP contribution is -2.70. The molecule has 30 aliphatic rings. The molecule has 30 aliphatic heterocycles. The first-order valence-corrected chi connectivity index (χ1v) is 39.5. The van der Waals surface area contributed by atoms with Gasteiger partial charge in [-0.15, -0.1) is 0 Å². The molecule has 0 aromatic carbocycles. The van der Waals surface area contributed by atoms with Crippen molar-refractivity contribution < 1.29 is 180 Å². The Morgan fingerprint density at radius 1 is 0.155 bits per heavy atom. The van der Waals surface area contributed by atoms with Gasteiger partial charge in [-0.3, -0.25) is 0 Å². The molecule has 40 atom stereocenters. The van der Waals surface area contributed by atoms with E-state index in [4.69, 9.17) is 180 Å². The molecule has 0 spiro atoms. The Kier molecular flexibility index (Phi) is 39.3. The summed E-state index contributed by atoms with van der Waals surface area (Å²) in [6.07, 6.45) is -40.2. The average Bonchev–Trinajstić information content (AvgIpc) is 0.764. The summed E-state index contributed by atoms with van der Waals surface area (Å²) in [5, 5.41) is 0. The minimum atomic E-state index is -1.24. The lowest BCUT2D eigenvalue weighted by molar-refractivity contribution is -0.408. The molecule has 30 fully saturated rings. The van der Waals surface area contributed by atoms with Crippen molar-refractivity contribution in [3.8, 4) is 0 Å². The summed E-state index contributed by atoms with van der Waals surface area (Å²) >= 11 is 4.46. The van der Waals surface area contributed by atoms with Gasteiger partial charge in [-0.2, -0.15) is 0 Å². The lowest BCUT2D eigenvalue weighted by atomic mass is 9.94. The first-order chi connectivity index (χ1) is 53.5. The third-order valence-electron chi connectivity index (χ3n) is 21.7. The van der Waals surface area contributed by atoms with Crippen LogP contribution in [-0.2, 0) is 180 Å². The van der Waals surface area contributed by atoms with Crippen LogP contribution in [0.15, 0.2) is 0 Å². The smallest absolute Gasteiger partial charge is 0.187 e. The molecule has 40 heteroatoms. The van der Waals surface area contributed by atoms with Gasteiger partial charge in [0.2, 0.25) is 0 Å². The average molecular weight is 1830 g/mol. The van der Waals surface area contributed by atoms with E-state index in [1.54, 1.807) is 14.2 Å². The van der Waals surface area contributed by atoms with E-state index in [0.29, 0.717) is 8.86 Å². The van der Waals surface area contributed by atoms with Gasteiger partial charge < -0.3 is 180 Å². The van der Waals surface area contributed by atoms with E-state index >= 15 is 0 Å². The second-order valence-electron chi connectivity index (χ2n) is 27.4. The minimum absolute atomic E-state index is 0.0285. The van der Waals surface area contributed by atoms with Gasteiger partial charge in [0, 0.05) is 165 Å². The van der Waals surface area contributed by atoms with Crippen molar-refractivity contribution in [2.75, 3.05) is 205 Å². The summed E-state index contributed by atoms with van der Waals surface area (Å²) in [4.78, 5) is 0. The van der Waals surface area contributed by atoms with Gasteiger partial charge in [0.05, 0.1) is 51.8 Å². The summed E-state index contributed by atoms with van der Waals surface area (Å²) in [6, 6.07) is 0. The molecular formula is C70H122I2O38. The summed E-state index contributed by atoms with van der Waals surface area (Å²) < 4.78 is 249. The number of hydrogen-bond acceptors (Lipinski definition) is 38.